The fourth-order valence-electron chi connectivity index (χ4n) is 3.32. The van der Waals surface area contributed by atoms with E-state index in [0.717, 1.165) is 52.0 Å². The number of benzene rings is 1. The maximum absolute atomic E-state index is 12.8. The number of hydrogen-bond donors (Lipinski definition) is 2. The van der Waals surface area contributed by atoms with Crippen LogP contribution >= 0.6 is 11.3 Å². The molecule has 5 nitrogen and oxygen atoms in total. The number of fused-ring (bicyclic) bond motifs is 2. The van der Waals surface area contributed by atoms with E-state index in [1.165, 1.54) is 11.3 Å². The van der Waals surface area contributed by atoms with E-state index in [1.54, 1.807) is 6.20 Å². The molecule has 1 atom stereocenters. The van der Waals surface area contributed by atoms with Gasteiger partial charge in [0.05, 0.1) is 29.0 Å². The molecule has 3 N–H and O–H groups in total. The van der Waals surface area contributed by atoms with Gasteiger partial charge in [0.2, 0.25) is 5.91 Å². The third-order valence-electron chi connectivity index (χ3n) is 4.59. The number of amides is 1. The summed E-state index contributed by atoms with van der Waals surface area (Å²) in [4.78, 5) is 22.8. The minimum atomic E-state index is -0.229. The Balaban J connectivity index is 1.64. The van der Waals surface area contributed by atoms with E-state index in [1.807, 2.05) is 31.2 Å². The SMILES string of the molecule is Cc1c(NC(=O)C2CCCc3sc(N)nc32)cnc2ccccc12. The summed E-state index contributed by atoms with van der Waals surface area (Å²) < 4.78 is 0. The Bertz CT molecular complexity index is 934. The van der Waals surface area contributed by atoms with Gasteiger partial charge in [-0.2, -0.15) is 0 Å². The third-order valence-corrected chi connectivity index (χ3v) is 5.55. The van der Waals surface area contributed by atoms with Gasteiger partial charge in [0, 0.05) is 10.3 Å². The van der Waals surface area contributed by atoms with Gasteiger partial charge in [0.25, 0.3) is 0 Å². The van der Waals surface area contributed by atoms with Gasteiger partial charge in [-0.1, -0.05) is 18.2 Å². The normalized spacial score (nSPS) is 16.8. The molecule has 6 heteroatoms. The number of thiazole rings is 1. The minimum absolute atomic E-state index is 0.0265. The predicted molar refractivity (Wildman–Crippen MR) is 97.3 cm³/mol. The lowest BCUT2D eigenvalue weighted by Gasteiger charge is -2.21. The molecular weight excluding hydrogens is 320 g/mol. The molecule has 2 aromatic heterocycles. The minimum Gasteiger partial charge on any atom is -0.375 e. The molecule has 1 amide bonds. The zero-order valence-corrected chi connectivity index (χ0v) is 14.2. The Labute approximate surface area is 143 Å². The number of nitrogens with two attached hydrogens (primary N) is 1. The molecule has 0 bridgehead atoms. The van der Waals surface area contributed by atoms with Gasteiger partial charge in [0.1, 0.15) is 0 Å². The van der Waals surface area contributed by atoms with Crippen LogP contribution in [0.3, 0.4) is 0 Å². The number of nitrogens with one attached hydrogen (secondary N) is 1. The van der Waals surface area contributed by atoms with Crippen LogP contribution in [0.2, 0.25) is 0 Å². The maximum Gasteiger partial charge on any atom is 0.233 e. The highest BCUT2D eigenvalue weighted by atomic mass is 32.1. The van der Waals surface area contributed by atoms with E-state index < -0.39 is 0 Å². The summed E-state index contributed by atoms with van der Waals surface area (Å²) in [7, 11) is 0. The largest absolute Gasteiger partial charge is 0.375 e. The Morgan fingerprint density at radius 3 is 3.08 bits per heavy atom. The predicted octanol–water partition coefficient (Wildman–Crippen LogP) is 3.64. The average Bonchev–Trinajstić information content (AvgIpc) is 2.97. The number of aryl methyl sites for hydroxylation is 2. The number of anilines is 2. The molecule has 0 saturated heterocycles. The van der Waals surface area contributed by atoms with E-state index in [0.29, 0.717) is 5.13 Å². The quantitative estimate of drug-likeness (QED) is 0.747. The number of rotatable bonds is 2. The van der Waals surface area contributed by atoms with Crippen molar-refractivity contribution in [3.05, 3.63) is 46.6 Å². The van der Waals surface area contributed by atoms with E-state index in [9.17, 15) is 4.79 Å². The first-order valence-electron chi connectivity index (χ1n) is 8.04. The van der Waals surface area contributed by atoms with Gasteiger partial charge in [-0.15, -0.1) is 11.3 Å². The molecule has 0 aliphatic heterocycles. The molecule has 1 aromatic carbocycles. The van der Waals surface area contributed by atoms with Crippen molar-refractivity contribution in [3.8, 4) is 0 Å². The molecule has 3 aromatic rings. The molecule has 0 radical (unpaired) electrons. The number of pyridine rings is 1. The maximum atomic E-state index is 12.8. The molecule has 0 saturated carbocycles. The smallest absolute Gasteiger partial charge is 0.233 e. The fraction of sp³-hybridized carbons (Fsp3) is 0.278. The molecule has 2 heterocycles. The van der Waals surface area contributed by atoms with Crippen LogP contribution < -0.4 is 11.1 Å². The van der Waals surface area contributed by atoms with Crippen LogP contribution in [-0.2, 0) is 11.2 Å². The molecule has 24 heavy (non-hydrogen) atoms. The number of nitrogen functional groups attached to an aromatic ring is 1. The second kappa shape index (κ2) is 5.87. The van der Waals surface area contributed by atoms with Crippen molar-refractivity contribution >= 4 is 39.0 Å². The van der Waals surface area contributed by atoms with Gasteiger partial charge in [-0.05, 0) is 37.8 Å². The molecule has 1 aliphatic rings. The Hall–Kier alpha value is -2.47. The van der Waals surface area contributed by atoms with Crippen LogP contribution in [0.1, 0.15) is 34.9 Å². The van der Waals surface area contributed by atoms with Crippen molar-refractivity contribution in [1.29, 1.82) is 0 Å². The lowest BCUT2D eigenvalue weighted by molar-refractivity contribution is -0.117. The van der Waals surface area contributed by atoms with Crippen molar-refractivity contribution in [2.45, 2.75) is 32.1 Å². The third kappa shape index (κ3) is 2.53. The molecule has 1 aliphatic carbocycles. The van der Waals surface area contributed by atoms with Gasteiger partial charge in [-0.3, -0.25) is 9.78 Å². The van der Waals surface area contributed by atoms with Crippen LogP contribution in [-0.4, -0.2) is 15.9 Å². The number of aromatic nitrogens is 2. The summed E-state index contributed by atoms with van der Waals surface area (Å²) in [6.45, 7) is 2.01. The van der Waals surface area contributed by atoms with E-state index in [2.05, 4.69) is 15.3 Å². The van der Waals surface area contributed by atoms with Crippen LogP contribution in [0, 0.1) is 6.92 Å². The number of para-hydroxylation sites is 1. The molecule has 1 unspecified atom stereocenters. The fourth-order valence-corrected chi connectivity index (χ4v) is 4.25. The first-order chi connectivity index (χ1) is 11.6. The van der Waals surface area contributed by atoms with Gasteiger partial charge in [-0.25, -0.2) is 4.98 Å². The summed E-state index contributed by atoms with van der Waals surface area (Å²) in [6, 6.07) is 7.93. The number of carbonyl (C=O) groups excluding carboxylic acids is 1. The molecule has 4 rings (SSSR count). The van der Waals surface area contributed by atoms with Crippen molar-refractivity contribution in [3.63, 3.8) is 0 Å². The Morgan fingerprint density at radius 2 is 2.21 bits per heavy atom. The zero-order valence-electron chi connectivity index (χ0n) is 13.4. The molecule has 122 valence electrons. The summed E-state index contributed by atoms with van der Waals surface area (Å²) in [5.41, 5.74) is 9.40. The van der Waals surface area contributed by atoms with Crippen molar-refractivity contribution < 1.29 is 4.79 Å². The van der Waals surface area contributed by atoms with Crippen molar-refractivity contribution in [1.82, 2.24) is 9.97 Å². The van der Waals surface area contributed by atoms with Crippen LogP contribution in [0.5, 0.6) is 0 Å². The Morgan fingerprint density at radius 1 is 1.38 bits per heavy atom. The summed E-state index contributed by atoms with van der Waals surface area (Å²) in [6.07, 6.45) is 4.49. The highest BCUT2D eigenvalue weighted by molar-refractivity contribution is 7.15. The number of hydrogen-bond acceptors (Lipinski definition) is 5. The van der Waals surface area contributed by atoms with Crippen molar-refractivity contribution in [2.24, 2.45) is 0 Å². The molecule has 0 spiro atoms. The van der Waals surface area contributed by atoms with Gasteiger partial charge < -0.3 is 11.1 Å². The monoisotopic (exact) mass is 338 g/mol. The zero-order chi connectivity index (χ0) is 16.7. The van der Waals surface area contributed by atoms with Crippen LogP contribution in [0.4, 0.5) is 10.8 Å². The highest BCUT2D eigenvalue weighted by Crippen LogP contribution is 2.36. The van der Waals surface area contributed by atoms with Crippen LogP contribution in [0.25, 0.3) is 10.9 Å². The second-order valence-electron chi connectivity index (χ2n) is 6.11. The topological polar surface area (TPSA) is 80.9 Å². The number of carbonyl (C=O) groups is 1. The summed E-state index contributed by atoms with van der Waals surface area (Å²) in [5.74, 6) is -0.255. The first kappa shape index (κ1) is 15.1. The summed E-state index contributed by atoms with van der Waals surface area (Å²) >= 11 is 1.50. The first-order valence-corrected chi connectivity index (χ1v) is 8.85. The summed E-state index contributed by atoms with van der Waals surface area (Å²) in [5, 5.41) is 4.64. The molecule has 0 fully saturated rings. The van der Waals surface area contributed by atoms with E-state index >= 15 is 0 Å². The van der Waals surface area contributed by atoms with Gasteiger partial charge in [0.15, 0.2) is 5.13 Å². The van der Waals surface area contributed by atoms with Gasteiger partial charge >= 0.3 is 0 Å². The Kier molecular flexibility index (Phi) is 3.69. The average molecular weight is 338 g/mol. The lowest BCUT2D eigenvalue weighted by atomic mass is 9.90. The van der Waals surface area contributed by atoms with Crippen molar-refractivity contribution in [2.75, 3.05) is 11.1 Å². The van der Waals surface area contributed by atoms with Crippen LogP contribution in [0.15, 0.2) is 30.5 Å². The lowest BCUT2D eigenvalue weighted by Crippen LogP contribution is -2.25. The standard InChI is InChI=1S/C18H18N4OS/c1-10-11-5-2-3-7-13(11)20-9-14(10)21-17(23)12-6-4-8-15-16(12)22-18(19)24-15/h2-3,5,7,9,12H,4,6,8H2,1H3,(H2,19,22)(H,21,23). The van der Waals surface area contributed by atoms with E-state index in [4.69, 9.17) is 5.73 Å². The number of nitrogens with zero attached hydrogens (tertiary/aromatic N) is 2. The molecular formula is C18H18N4OS. The second-order valence-corrected chi connectivity index (χ2v) is 7.22. The van der Waals surface area contributed by atoms with E-state index in [-0.39, 0.29) is 11.8 Å². The highest BCUT2D eigenvalue weighted by Gasteiger charge is 2.30.